The summed E-state index contributed by atoms with van der Waals surface area (Å²) in [4.78, 5) is 4.37. The van der Waals surface area contributed by atoms with Gasteiger partial charge in [-0.15, -0.1) is 0 Å². The van der Waals surface area contributed by atoms with Crippen LogP contribution in [0.1, 0.15) is 47.6 Å². The second kappa shape index (κ2) is 9.45. The van der Waals surface area contributed by atoms with Crippen LogP contribution in [0.15, 0.2) is 29.3 Å². The summed E-state index contributed by atoms with van der Waals surface area (Å²) in [7, 11) is 0. The lowest BCUT2D eigenvalue weighted by Gasteiger charge is -1.91. The van der Waals surface area contributed by atoms with Gasteiger partial charge in [-0.3, -0.25) is 4.99 Å². The minimum atomic E-state index is 0. The van der Waals surface area contributed by atoms with E-state index in [0.29, 0.717) is 0 Å². The molecule has 0 amide bonds. The van der Waals surface area contributed by atoms with Crippen LogP contribution in [0.25, 0.3) is 0 Å². The summed E-state index contributed by atoms with van der Waals surface area (Å²) in [6, 6.07) is 8.29. The zero-order valence-corrected chi connectivity index (χ0v) is 9.96. The van der Waals surface area contributed by atoms with E-state index < -0.39 is 0 Å². The quantitative estimate of drug-likeness (QED) is 0.566. The van der Waals surface area contributed by atoms with Crippen molar-refractivity contribution in [1.82, 2.24) is 0 Å². The first kappa shape index (κ1) is 16.3. The Kier molecular flexibility index (Phi) is 10.3. The van der Waals surface area contributed by atoms with E-state index in [2.05, 4.69) is 30.1 Å². The van der Waals surface area contributed by atoms with Crippen molar-refractivity contribution in [2.75, 3.05) is 0 Å². The Morgan fingerprint density at radius 2 is 1.53 bits per heavy atom. The molecular formula is C14H25N. The van der Waals surface area contributed by atoms with Gasteiger partial charge in [0.15, 0.2) is 0 Å². The third kappa shape index (κ3) is 4.78. The normalized spacial score (nSPS) is 10.6. The van der Waals surface area contributed by atoms with E-state index in [1.807, 2.05) is 33.8 Å². The maximum Gasteiger partial charge on any atom is 0.0664 e. The van der Waals surface area contributed by atoms with Crippen molar-refractivity contribution in [1.29, 1.82) is 0 Å². The molecule has 1 heteroatoms. The molecule has 1 aromatic carbocycles. The van der Waals surface area contributed by atoms with Gasteiger partial charge in [-0.25, -0.2) is 0 Å². The third-order valence-corrected chi connectivity index (χ3v) is 1.75. The van der Waals surface area contributed by atoms with Gasteiger partial charge in [-0.2, -0.15) is 0 Å². The van der Waals surface area contributed by atoms with Crippen LogP contribution in [0.5, 0.6) is 0 Å². The lowest BCUT2D eigenvalue weighted by Crippen LogP contribution is -1.87. The smallest absolute Gasteiger partial charge is 0.0664 e. The zero-order chi connectivity index (χ0) is 11.0. The Bertz CT molecular complexity index is 287. The Morgan fingerprint density at radius 3 is 2.07 bits per heavy atom. The first-order chi connectivity index (χ1) is 6.86. The van der Waals surface area contributed by atoms with Crippen molar-refractivity contribution in [2.24, 2.45) is 4.99 Å². The molecule has 2 rings (SSSR count). The number of para-hydroxylation sites is 1. The van der Waals surface area contributed by atoms with Gasteiger partial charge in [0, 0.05) is 12.1 Å². The van der Waals surface area contributed by atoms with Crippen LogP contribution in [-0.2, 0) is 6.42 Å². The Balaban J connectivity index is 0. The second-order valence-electron chi connectivity index (χ2n) is 2.65. The molecular weight excluding hydrogens is 182 g/mol. The van der Waals surface area contributed by atoms with Crippen LogP contribution in [0.4, 0.5) is 5.69 Å². The highest BCUT2D eigenvalue weighted by Crippen LogP contribution is 2.25. The molecule has 0 aromatic heterocycles. The van der Waals surface area contributed by atoms with Crippen LogP contribution in [0, 0.1) is 0 Å². The molecule has 86 valence electrons. The number of fused-ring (bicyclic) bond motifs is 1. The molecule has 1 aliphatic rings. The highest BCUT2D eigenvalue weighted by atomic mass is 14.8. The monoisotopic (exact) mass is 207 g/mol. The van der Waals surface area contributed by atoms with Crippen molar-refractivity contribution in [2.45, 2.75) is 48.5 Å². The molecule has 1 nitrogen and oxygen atoms in total. The lowest BCUT2D eigenvalue weighted by molar-refractivity contribution is 1.39. The molecule has 15 heavy (non-hydrogen) atoms. The molecule has 0 saturated heterocycles. The highest BCUT2D eigenvalue weighted by molar-refractivity contribution is 5.91. The molecule has 0 fully saturated rings. The first-order valence-corrected chi connectivity index (χ1v) is 5.48. The summed E-state index contributed by atoms with van der Waals surface area (Å²) >= 11 is 0. The molecule has 0 saturated carbocycles. The SMILES string of the molecule is C.CC.CC.CC1=Nc2ccccc2C1. The Morgan fingerprint density at radius 1 is 1.00 bits per heavy atom. The summed E-state index contributed by atoms with van der Waals surface area (Å²) in [5, 5.41) is 0. The molecule has 0 unspecified atom stereocenters. The van der Waals surface area contributed by atoms with Gasteiger partial charge in [-0.1, -0.05) is 53.3 Å². The van der Waals surface area contributed by atoms with Crippen LogP contribution < -0.4 is 0 Å². The number of hydrogen-bond acceptors (Lipinski definition) is 1. The van der Waals surface area contributed by atoms with Gasteiger partial charge >= 0.3 is 0 Å². The van der Waals surface area contributed by atoms with Gasteiger partial charge in [0.2, 0.25) is 0 Å². The predicted octanol–water partition coefficient (Wildman–Crippen LogP) is 5.02. The van der Waals surface area contributed by atoms with Crippen molar-refractivity contribution in [3.8, 4) is 0 Å². The van der Waals surface area contributed by atoms with E-state index in [1.165, 1.54) is 11.3 Å². The van der Waals surface area contributed by atoms with Crippen molar-refractivity contribution < 1.29 is 0 Å². The molecule has 1 heterocycles. The third-order valence-electron chi connectivity index (χ3n) is 1.75. The van der Waals surface area contributed by atoms with Crippen molar-refractivity contribution in [3.63, 3.8) is 0 Å². The van der Waals surface area contributed by atoms with E-state index in [9.17, 15) is 0 Å². The molecule has 0 radical (unpaired) electrons. The number of nitrogens with zero attached hydrogens (tertiary/aromatic N) is 1. The average molecular weight is 207 g/mol. The number of aliphatic imine (C=N–C) groups is 1. The average Bonchev–Trinajstić information content (AvgIpc) is 2.64. The second-order valence-corrected chi connectivity index (χ2v) is 2.65. The molecule has 0 bridgehead atoms. The Labute approximate surface area is 95.3 Å². The van der Waals surface area contributed by atoms with E-state index in [4.69, 9.17) is 0 Å². The fourth-order valence-electron chi connectivity index (χ4n) is 1.29. The minimum Gasteiger partial charge on any atom is -0.257 e. The van der Waals surface area contributed by atoms with E-state index in [-0.39, 0.29) is 7.43 Å². The molecule has 1 aromatic rings. The number of benzene rings is 1. The van der Waals surface area contributed by atoms with E-state index in [1.54, 1.807) is 0 Å². The van der Waals surface area contributed by atoms with Gasteiger partial charge in [0.05, 0.1) is 5.69 Å². The molecule has 0 aliphatic carbocycles. The first-order valence-electron chi connectivity index (χ1n) is 5.48. The maximum atomic E-state index is 4.37. The lowest BCUT2D eigenvalue weighted by atomic mass is 10.1. The summed E-state index contributed by atoms with van der Waals surface area (Å²) in [5.41, 5.74) is 3.74. The number of hydrogen-bond donors (Lipinski definition) is 0. The highest BCUT2D eigenvalue weighted by Gasteiger charge is 2.08. The Hall–Kier alpha value is -1.11. The summed E-state index contributed by atoms with van der Waals surface area (Å²) < 4.78 is 0. The van der Waals surface area contributed by atoms with Crippen LogP contribution in [0.3, 0.4) is 0 Å². The minimum absolute atomic E-state index is 0. The van der Waals surface area contributed by atoms with Gasteiger partial charge in [0.1, 0.15) is 0 Å². The summed E-state index contributed by atoms with van der Waals surface area (Å²) in [6.07, 6.45) is 1.04. The van der Waals surface area contributed by atoms with Gasteiger partial charge < -0.3 is 0 Å². The van der Waals surface area contributed by atoms with Crippen LogP contribution in [-0.4, -0.2) is 5.71 Å². The molecule has 0 atom stereocenters. The summed E-state index contributed by atoms with van der Waals surface area (Å²) in [5.74, 6) is 0. The van der Waals surface area contributed by atoms with Crippen LogP contribution in [0.2, 0.25) is 0 Å². The molecule has 1 aliphatic heterocycles. The van der Waals surface area contributed by atoms with Gasteiger partial charge in [-0.05, 0) is 18.6 Å². The topological polar surface area (TPSA) is 12.4 Å². The van der Waals surface area contributed by atoms with E-state index >= 15 is 0 Å². The fourth-order valence-corrected chi connectivity index (χ4v) is 1.29. The number of rotatable bonds is 0. The van der Waals surface area contributed by atoms with Gasteiger partial charge in [0.25, 0.3) is 0 Å². The predicted molar refractivity (Wildman–Crippen MR) is 72.3 cm³/mol. The maximum absolute atomic E-state index is 4.37. The fraction of sp³-hybridized carbons (Fsp3) is 0.500. The zero-order valence-electron chi connectivity index (χ0n) is 9.96. The van der Waals surface area contributed by atoms with E-state index in [0.717, 1.165) is 12.1 Å². The van der Waals surface area contributed by atoms with Crippen LogP contribution >= 0.6 is 0 Å². The van der Waals surface area contributed by atoms with Crippen molar-refractivity contribution in [3.05, 3.63) is 29.8 Å². The standard InChI is InChI=1S/C9H9N.2C2H6.CH4/c1-7-6-8-4-2-3-5-9(8)10-7;2*1-2;/h2-5H,6H2,1H3;2*1-2H3;1H4. The molecule has 0 N–H and O–H groups in total. The van der Waals surface area contributed by atoms with Crippen molar-refractivity contribution >= 4 is 11.4 Å². The summed E-state index contributed by atoms with van der Waals surface area (Å²) in [6.45, 7) is 10.1. The largest absolute Gasteiger partial charge is 0.257 e. The molecule has 0 spiro atoms.